The second-order valence-electron chi connectivity index (χ2n) is 4.52. The summed E-state index contributed by atoms with van der Waals surface area (Å²) in [6, 6.07) is 13.8. The molecule has 3 heteroatoms. The summed E-state index contributed by atoms with van der Waals surface area (Å²) in [5.74, 6) is 0.507. The van der Waals surface area contributed by atoms with Crippen LogP contribution < -0.4 is 5.73 Å². The van der Waals surface area contributed by atoms with E-state index in [0.717, 1.165) is 16.0 Å². The van der Waals surface area contributed by atoms with Crippen molar-refractivity contribution in [2.24, 2.45) is 0 Å². The van der Waals surface area contributed by atoms with E-state index in [2.05, 4.69) is 0 Å². The van der Waals surface area contributed by atoms with Crippen LogP contribution in [-0.4, -0.2) is 4.21 Å². The Kier molecular flexibility index (Phi) is 3.82. The van der Waals surface area contributed by atoms with Crippen LogP contribution in [0.4, 0.5) is 5.69 Å². The van der Waals surface area contributed by atoms with Gasteiger partial charge >= 0.3 is 0 Å². The standard InChI is InChI=1S/C15H17NOS/c1-11-3-6-13(7-4-11)10-18(17)15-8-5-12(2)9-14(15)16/h3-9H,10,16H2,1-2H3. The largest absolute Gasteiger partial charge is 0.398 e. The summed E-state index contributed by atoms with van der Waals surface area (Å²) in [7, 11) is -1.09. The third kappa shape index (κ3) is 2.99. The van der Waals surface area contributed by atoms with Crippen molar-refractivity contribution >= 4 is 16.5 Å². The van der Waals surface area contributed by atoms with Gasteiger partial charge in [-0.3, -0.25) is 4.21 Å². The molecular formula is C15H17NOS. The minimum absolute atomic E-state index is 0.507. The lowest BCUT2D eigenvalue weighted by Gasteiger charge is -2.07. The van der Waals surface area contributed by atoms with Gasteiger partial charge in [0, 0.05) is 5.69 Å². The van der Waals surface area contributed by atoms with Crippen LogP contribution in [0.2, 0.25) is 0 Å². The van der Waals surface area contributed by atoms with E-state index in [9.17, 15) is 4.21 Å². The first kappa shape index (κ1) is 12.8. The molecule has 2 N–H and O–H groups in total. The molecule has 0 aliphatic heterocycles. The highest BCUT2D eigenvalue weighted by molar-refractivity contribution is 7.84. The molecule has 0 aliphatic carbocycles. The molecule has 0 aliphatic rings. The zero-order chi connectivity index (χ0) is 13.1. The maximum absolute atomic E-state index is 12.3. The van der Waals surface area contributed by atoms with E-state index in [4.69, 9.17) is 5.73 Å². The number of anilines is 1. The van der Waals surface area contributed by atoms with Crippen LogP contribution in [0.15, 0.2) is 47.4 Å². The Morgan fingerprint density at radius 3 is 2.22 bits per heavy atom. The molecule has 1 unspecified atom stereocenters. The fourth-order valence-electron chi connectivity index (χ4n) is 1.79. The average molecular weight is 259 g/mol. The first-order valence-electron chi connectivity index (χ1n) is 5.86. The molecule has 2 nitrogen and oxygen atoms in total. The molecule has 0 saturated carbocycles. The molecule has 2 rings (SSSR count). The van der Waals surface area contributed by atoms with Crippen LogP contribution >= 0.6 is 0 Å². The van der Waals surface area contributed by atoms with Crippen molar-refractivity contribution in [3.63, 3.8) is 0 Å². The molecule has 0 saturated heterocycles. The summed E-state index contributed by atoms with van der Waals surface area (Å²) in [5.41, 5.74) is 9.88. The van der Waals surface area contributed by atoms with E-state index in [-0.39, 0.29) is 0 Å². The lowest BCUT2D eigenvalue weighted by Crippen LogP contribution is -2.01. The van der Waals surface area contributed by atoms with Gasteiger partial charge in [-0.05, 0) is 37.1 Å². The Morgan fingerprint density at radius 1 is 1.00 bits per heavy atom. The highest BCUT2D eigenvalue weighted by Gasteiger charge is 2.08. The first-order valence-corrected chi connectivity index (χ1v) is 7.18. The van der Waals surface area contributed by atoms with Crippen molar-refractivity contribution in [1.82, 2.24) is 0 Å². The molecule has 18 heavy (non-hydrogen) atoms. The van der Waals surface area contributed by atoms with Crippen molar-refractivity contribution in [2.45, 2.75) is 24.5 Å². The Morgan fingerprint density at radius 2 is 1.61 bits per heavy atom. The molecule has 0 amide bonds. The van der Waals surface area contributed by atoms with Crippen LogP contribution in [-0.2, 0) is 16.6 Å². The van der Waals surface area contributed by atoms with Gasteiger partial charge in [-0.2, -0.15) is 0 Å². The predicted octanol–water partition coefficient (Wildman–Crippen LogP) is 3.19. The SMILES string of the molecule is Cc1ccc(CS(=O)c2ccc(C)cc2N)cc1. The molecule has 2 aromatic carbocycles. The summed E-state index contributed by atoms with van der Waals surface area (Å²) in [6.45, 7) is 4.02. The van der Waals surface area contributed by atoms with E-state index in [1.54, 1.807) is 0 Å². The second-order valence-corrected chi connectivity index (χ2v) is 5.94. The van der Waals surface area contributed by atoms with Gasteiger partial charge in [0.2, 0.25) is 0 Å². The lowest BCUT2D eigenvalue weighted by molar-refractivity contribution is 0.683. The summed E-state index contributed by atoms with van der Waals surface area (Å²) in [4.78, 5) is 0.723. The maximum Gasteiger partial charge on any atom is 0.0621 e. The summed E-state index contributed by atoms with van der Waals surface area (Å²) < 4.78 is 12.3. The van der Waals surface area contributed by atoms with Gasteiger partial charge in [0.1, 0.15) is 0 Å². The lowest BCUT2D eigenvalue weighted by atomic mass is 10.2. The Hall–Kier alpha value is -1.61. The van der Waals surface area contributed by atoms with Crippen molar-refractivity contribution in [3.05, 3.63) is 59.2 Å². The topological polar surface area (TPSA) is 43.1 Å². The van der Waals surface area contributed by atoms with E-state index < -0.39 is 10.8 Å². The van der Waals surface area contributed by atoms with E-state index in [0.29, 0.717) is 11.4 Å². The number of hydrogen-bond acceptors (Lipinski definition) is 2. The number of aryl methyl sites for hydroxylation is 2. The molecule has 0 spiro atoms. The Balaban J connectivity index is 2.19. The zero-order valence-corrected chi connectivity index (χ0v) is 11.5. The van der Waals surface area contributed by atoms with Crippen molar-refractivity contribution in [1.29, 1.82) is 0 Å². The van der Waals surface area contributed by atoms with Gasteiger partial charge in [-0.1, -0.05) is 35.9 Å². The predicted molar refractivity (Wildman–Crippen MR) is 76.9 cm³/mol. The van der Waals surface area contributed by atoms with Gasteiger partial charge in [0.05, 0.1) is 21.4 Å². The monoisotopic (exact) mass is 259 g/mol. The normalized spacial score (nSPS) is 12.3. The number of rotatable bonds is 3. The van der Waals surface area contributed by atoms with Gasteiger partial charge in [-0.25, -0.2) is 0 Å². The van der Waals surface area contributed by atoms with Crippen LogP contribution in [0.1, 0.15) is 16.7 Å². The quantitative estimate of drug-likeness (QED) is 0.860. The third-order valence-electron chi connectivity index (χ3n) is 2.83. The maximum atomic E-state index is 12.3. The summed E-state index contributed by atoms with van der Waals surface area (Å²) in [5, 5.41) is 0. The summed E-state index contributed by atoms with van der Waals surface area (Å²) >= 11 is 0. The van der Waals surface area contributed by atoms with Crippen LogP contribution in [0.5, 0.6) is 0 Å². The van der Waals surface area contributed by atoms with Crippen LogP contribution in [0, 0.1) is 13.8 Å². The Bertz CT molecular complexity index is 576. The molecular weight excluding hydrogens is 242 g/mol. The molecule has 0 fully saturated rings. The highest BCUT2D eigenvalue weighted by atomic mass is 32.2. The smallest absolute Gasteiger partial charge is 0.0621 e. The Labute approximate surface area is 110 Å². The van der Waals surface area contributed by atoms with Gasteiger partial charge in [-0.15, -0.1) is 0 Å². The second kappa shape index (κ2) is 5.36. The third-order valence-corrected chi connectivity index (χ3v) is 4.29. The summed E-state index contributed by atoms with van der Waals surface area (Å²) in [6.07, 6.45) is 0. The molecule has 94 valence electrons. The van der Waals surface area contributed by atoms with E-state index in [1.807, 2.05) is 56.3 Å². The number of nitrogen functional groups attached to an aromatic ring is 1. The van der Waals surface area contributed by atoms with Gasteiger partial charge in [0.25, 0.3) is 0 Å². The van der Waals surface area contributed by atoms with Gasteiger partial charge < -0.3 is 5.73 Å². The zero-order valence-electron chi connectivity index (χ0n) is 10.6. The van der Waals surface area contributed by atoms with Crippen LogP contribution in [0.25, 0.3) is 0 Å². The number of nitrogens with two attached hydrogens (primary N) is 1. The minimum Gasteiger partial charge on any atom is -0.398 e. The van der Waals surface area contributed by atoms with E-state index in [1.165, 1.54) is 5.56 Å². The minimum atomic E-state index is -1.09. The first-order chi connectivity index (χ1) is 8.56. The fourth-order valence-corrected chi connectivity index (χ4v) is 2.98. The highest BCUT2D eigenvalue weighted by Crippen LogP contribution is 2.20. The van der Waals surface area contributed by atoms with Crippen molar-refractivity contribution in [3.8, 4) is 0 Å². The van der Waals surface area contributed by atoms with Crippen LogP contribution in [0.3, 0.4) is 0 Å². The molecule has 2 aromatic rings. The van der Waals surface area contributed by atoms with Crippen molar-refractivity contribution in [2.75, 3.05) is 5.73 Å². The molecule has 1 atom stereocenters. The number of hydrogen-bond donors (Lipinski definition) is 1. The molecule has 0 radical (unpaired) electrons. The number of benzene rings is 2. The molecule has 0 aromatic heterocycles. The molecule has 0 bridgehead atoms. The van der Waals surface area contributed by atoms with Gasteiger partial charge in [0.15, 0.2) is 0 Å². The fraction of sp³-hybridized carbons (Fsp3) is 0.200. The van der Waals surface area contributed by atoms with E-state index >= 15 is 0 Å². The van der Waals surface area contributed by atoms with Crippen molar-refractivity contribution < 1.29 is 4.21 Å². The average Bonchev–Trinajstić information content (AvgIpc) is 2.32. The molecule has 0 heterocycles.